The second kappa shape index (κ2) is 9.07. The van der Waals surface area contributed by atoms with Gasteiger partial charge in [0, 0.05) is 12.4 Å². The molecular formula is C26H32N4O3S. The Morgan fingerprint density at radius 2 is 1.88 bits per heavy atom. The standard InChI is InChI=1S/C26H32N4O3S/c1-15-8-9-27-21(11-15)30-22-12-16(2)10-19(29-22)20-14-28-24(34-20)26(5,33)17-6-7-18(23(31)32)25(3,4)13-17/h8-12,14,17-18,33H,6-7,13H2,1-5H3,(H,31,32)(H,27,29,30)/t17-,18+,26?/m0/s1. The van der Waals surface area contributed by atoms with E-state index in [-0.39, 0.29) is 11.3 Å². The Hall–Kier alpha value is -2.84. The van der Waals surface area contributed by atoms with Crippen molar-refractivity contribution in [1.29, 1.82) is 0 Å². The van der Waals surface area contributed by atoms with Crippen LogP contribution in [-0.2, 0) is 10.4 Å². The SMILES string of the molecule is Cc1ccnc(Nc2cc(C)cc(-c3cnc(C(C)(O)[C@H]4CC[C@H](C(=O)O)C(C)(C)C4)s3)n2)c1. The number of aryl methyl sites for hydroxylation is 2. The van der Waals surface area contributed by atoms with Crippen LogP contribution in [0.1, 0.15) is 56.2 Å². The van der Waals surface area contributed by atoms with Gasteiger partial charge in [0.05, 0.1) is 16.5 Å². The molecule has 8 heteroatoms. The second-order valence-electron chi connectivity index (χ2n) is 10.3. The number of pyridine rings is 2. The number of carboxylic acid groups (broad SMARTS) is 1. The number of hydrogen-bond acceptors (Lipinski definition) is 7. The molecule has 0 bridgehead atoms. The quantitative estimate of drug-likeness (QED) is 0.415. The van der Waals surface area contributed by atoms with E-state index in [2.05, 4.69) is 15.3 Å². The van der Waals surface area contributed by atoms with Gasteiger partial charge in [-0.3, -0.25) is 4.79 Å². The molecule has 3 aromatic heterocycles. The van der Waals surface area contributed by atoms with Crippen molar-refractivity contribution in [3.8, 4) is 10.6 Å². The lowest BCUT2D eigenvalue weighted by Crippen LogP contribution is -2.43. The number of carbonyl (C=O) groups is 1. The largest absolute Gasteiger partial charge is 0.481 e. The fraction of sp³-hybridized carbons (Fsp3) is 0.462. The van der Waals surface area contributed by atoms with E-state index < -0.39 is 17.5 Å². The number of nitrogens with zero attached hydrogens (tertiary/aromatic N) is 3. The van der Waals surface area contributed by atoms with Crippen molar-refractivity contribution in [2.75, 3.05) is 5.32 Å². The molecule has 3 N–H and O–H groups in total. The zero-order valence-electron chi connectivity index (χ0n) is 20.3. The van der Waals surface area contributed by atoms with Gasteiger partial charge < -0.3 is 15.5 Å². The van der Waals surface area contributed by atoms with Gasteiger partial charge in [0.1, 0.15) is 22.2 Å². The molecule has 3 aromatic rings. The highest BCUT2D eigenvalue weighted by Gasteiger charge is 2.47. The lowest BCUT2D eigenvalue weighted by Gasteiger charge is -2.44. The van der Waals surface area contributed by atoms with Crippen molar-refractivity contribution in [3.05, 3.63) is 52.8 Å². The van der Waals surface area contributed by atoms with Crippen LogP contribution in [-0.4, -0.2) is 31.1 Å². The minimum Gasteiger partial charge on any atom is -0.481 e. The van der Waals surface area contributed by atoms with E-state index in [4.69, 9.17) is 4.98 Å². The van der Waals surface area contributed by atoms with Gasteiger partial charge in [-0.05, 0) is 86.8 Å². The van der Waals surface area contributed by atoms with Crippen LogP contribution in [0, 0.1) is 31.1 Å². The second-order valence-corrected chi connectivity index (χ2v) is 11.3. The zero-order chi connectivity index (χ0) is 24.7. The highest BCUT2D eigenvalue weighted by molar-refractivity contribution is 7.15. The Balaban J connectivity index is 1.57. The third-order valence-corrected chi connectivity index (χ3v) is 8.19. The first-order valence-corrected chi connectivity index (χ1v) is 12.4. The highest BCUT2D eigenvalue weighted by atomic mass is 32.1. The van der Waals surface area contributed by atoms with Gasteiger partial charge in [0.2, 0.25) is 0 Å². The van der Waals surface area contributed by atoms with E-state index in [1.54, 1.807) is 19.3 Å². The average molecular weight is 481 g/mol. The molecule has 3 atom stereocenters. The Morgan fingerprint density at radius 3 is 2.56 bits per heavy atom. The number of hydrogen-bond donors (Lipinski definition) is 3. The summed E-state index contributed by atoms with van der Waals surface area (Å²) in [4.78, 5) is 26.2. The van der Waals surface area contributed by atoms with Crippen molar-refractivity contribution in [1.82, 2.24) is 15.0 Å². The van der Waals surface area contributed by atoms with E-state index in [9.17, 15) is 15.0 Å². The summed E-state index contributed by atoms with van der Waals surface area (Å²) >= 11 is 1.44. The van der Waals surface area contributed by atoms with Crippen LogP contribution in [0.2, 0.25) is 0 Å². The molecule has 4 rings (SSSR count). The molecule has 1 saturated carbocycles. The lowest BCUT2D eigenvalue weighted by atomic mass is 9.62. The third kappa shape index (κ3) is 4.98. The molecule has 34 heavy (non-hydrogen) atoms. The Morgan fingerprint density at radius 1 is 1.15 bits per heavy atom. The normalized spacial score (nSPS) is 21.6. The minimum absolute atomic E-state index is 0.0628. The van der Waals surface area contributed by atoms with Gasteiger partial charge in [0.25, 0.3) is 0 Å². The van der Waals surface area contributed by atoms with Gasteiger partial charge >= 0.3 is 5.97 Å². The van der Waals surface area contributed by atoms with Gasteiger partial charge in [0.15, 0.2) is 0 Å². The molecule has 0 saturated heterocycles. The van der Waals surface area contributed by atoms with Crippen molar-refractivity contribution < 1.29 is 15.0 Å². The number of aliphatic hydroxyl groups is 1. The lowest BCUT2D eigenvalue weighted by molar-refractivity contribution is -0.151. The summed E-state index contributed by atoms with van der Waals surface area (Å²) in [5.74, 6) is 0.222. The van der Waals surface area contributed by atoms with E-state index in [1.165, 1.54) is 11.3 Å². The van der Waals surface area contributed by atoms with Crippen LogP contribution in [0.15, 0.2) is 36.7 Å². The van der Waals surface area contributed by atoms with Crippen LogP contribution < -0.4 is 5.32 Å². The number of anilines is 2. The minimum atomic E-state index is -1.14. The van der Waals surface area contributed by atoms with Crippen LogP contribution in [0.4, 0.5) is 11.6 Å². The van der Waals surface area contributed by atoms with Crippen molar-refractivity contribution in [3.63, 3.8) is 0 Å². The Bertz CT molecular complexity index is 1200. The first-order valence-electron chi connectivity index (χ1n) is 11.6. The van der Waals surface area contributed by atoms with Gasteiger partial charge in [-0.25, -0.2) is 15.0 Å². The molecule has 0 spiro atoms. The maximum Gasteiger partial charge on any atom is 0.307 e. The number of aliphatic carboxylic acids is 1. The van der Waals surface area contributed by atoms with E-state index in [0.717, 1.165) is 27.5 Å². The molecule has 0 amide bonds. The topological polar surface area (TPSA) is 108 Å². The summed E-state index contributed by atoms with van der Waals surface area (Å²) < 4.78 is 0. The average Bonchev–Trinajstić information content (AvgIpc) is 3.23. The van der Waals surface area contributed by atoms with Crippen molar-refractivity contribution in [2.24, 2.45) is 17.3 Å². The fourth-order valence-corrected chi connectivity index (χ4v) is 5.97. The molecule has 0 aromatic carbocycles. The number of aromatic nitrogens is 3. The summed E-state index contributed by atoms with van der Waals surface area (Å²) in [7, 11) is 0. The summed E-state index contributed by atoms with van der Waals surface area (Å²) in [6, 6.07) is 7.88. The summed E-state index contributed by atoms with van der Waals surface area (Å²) in [6.07, 6.45) is 5.37. The van der Waals surface area contributed by atoms with E-state index in [0.29, 0.717) is 30.1 Å². The summed E-state index contributed by atoms with van der Waals surface area (Å²) in [6.45, 7) is 9.80. The maximum atomic E-state index is 11.7. The Labute approximate surface area is 204 Å². The predicted octanol–water partition coefficient (Wildman–Crippen LogP) is 5.70. The van der Waals surface area contributed by atoms with Crippen LogP contribution in [0.5, 0.6) is 0 Å². The van der Waals surface area contributed by atoms with Crippen LogP contribution >= 0.6 is 11.3 Å². The smallest absolute Gasteiger partial charge is 0.307 e. The maximum absolute atomic E-state index is 11.7. The fourth-order valence-electron chi connectivity index (χ4n) is 4.97. The summed E-state index contributed by atoms with van der Waals surface area (Å²) in [5, 5.41) is 25.0. The Kier molecular flexibility index (Phi) is 6.48. The molecule has 1 aliphatic rings. The molecule has 1 fully saturated rings. The highest BCUT2D eigenvalue weighted by Crippen LogP contribution is 2.50. The molecule has 0 aliphatic heterocycles. The first kappa shape index (κ1) is 24.3. The monoisotopic (exact) mass is 480 g/mol. The van der Waals surface area contributed by atoms with E-state index >= 15 is 0 Å². The zero-order valence-corrected chi connectivity index (χ0v) is 21.1. The van der Waals surface area contributed by atoms with Gasteiger partial charge in [-0.2, -0.15) is 0 Å². The molecule has 1 unspecified atom stereocenters. The van der Waals surface area contributed by atoms with Crippen LogP contribution in [0.3, 0.4) is 0 Å². The predicted molar refractivity (Wildman–Crippen MR) is 134 cm³/mol. The number of carboxylic acids is 1. The van der Waals surface area contributed by atoms with Crippen LogP contribution in [0.25, 0.3) is 10.6 Å². The van der Waals surface area contributed by atoms with Crippen molar-refractivity contribution >= 4 is 28.9 Å². The molecule has 1 aliphatic carbocycles. The summed E-state index contributed by atoms with van der Waals surface area (Å²) in [5.41, 5.74) is 1.42. The number of thiazole rings is 1. The molecular weight excluding hydrogens is 448 g/mol. The first-order chi connectivity index (χ1) is 16.0. The molecule has 3 heterocycles. The van der Waals surface area contributed by atoms with Crippen molar-refractivity contribution in [2.45, 2.75) is 59.5 Å². The molecule has 7 nitrogen and oxygen atoms in total. The van der Waals surface area contributed by atoms with Gasteiger partial charge in [-0.1, -0.05) is 13.8 Å². The molecule has 0 radical (unpaired) electrons. The third-order valence-electron chi connectivity index (χ3n) is 6.95. The number of rotatable bonds is 6. The van der Waals surface area contributed by atoms with Gasteiger partial charge in [-0.15, -0.1) is 11.3 Å². The number of nitrogens with one attached hydrogen (secondary N) is 1. The molecule has 180 valence electrons. The van der Waals surface area contributed by atoms with E-state index in [1.807, 2.05) is 52.0 Å².